The van der Waals surface area contributed by atoms with Gasteiger partial charge < -0.3 is 9.47 Å². The predicted molar refractivity (Wildman–Crippen MR) is 293 cm³/mol. The second kappa shape index (κ2) is 16.9. The lowest BCUT2D eigenvalue weighted by atomic mass is 9.64. The van der Waals surface area contributed by atoms with Crippen LogP contribution in [0.15, 0.2) is 267 Å². The van der Waals surface area contributed by atoms with E-state index < -0.39 is 5.41 Å². The molecule has 0 bridgehead atoms. The first-order valence-corrected chi connectivity index (χ1v) is 24.1. The Balaban J connectivity index is 1.08. The molecule has 3 heterocycles. The van der Waals surface area contributed by atoms with Crippen LogP contribution in [0.3, 0.4) is 0 Å². The molecular formula is C67H47N3. The standard InChI is InChI=1S/C67H47N3/c1-2-3-4-5-11-25-50-42-49(46-23-9-6-10-24-46)45-61(68-50)54-31-22-34-60-66(54)56-44-47(48-39-41-63-55(43-48)53-30-16-19-35-62(53)69(63)51-26-12-7-13-27-51)38-40-57(56)67(60)58-32-17-20-36-64(58)70(52-28-14-8-15-29-52)65-37-21-18-33-59(65)67/h2-24,26-45H,1,25H2/b4-3-,11-5-. The van der Waals surface area contributed by atoms with Gasteiger partial charge in [0.2, 0.25) is 0 Å². The molecule has 1 spiro atoms. The molecule has 70 heavy (non-hydrogen) atoms. The Morgan fingerprint density at radius 2 is 1.06 bits per heavy atom. The lowest BCUT2D eigenvalue weighted by Gasteiger charge is -2.45. The number of aromatic nitrogens is 2. The van der Waals surface area contributed by atoms with Crippen molar-refractivity contribution in [3.63, 3.8) is 0 Å². The van der Waals surface area contributed by atoms with Crippen LogP contribution in [0.2, 0.25) is 0 Å². The molecule has 2 aromatic heterocycles. The molecule has 11 aromatic rings. The lowest BCUT2D eigenvalue weighted by molar-refractivity contribution is 0.753. The van der Waals surface area contributed by atoms with Gasteiger partial charge in [0.05, 0.1) is 33.5 Å². The fourth-order valence-corrected chi connectivity index (χ4v) is 11.5. The highest BCUT2D eigenvalue weighted by atomic mass is 15.2. The molecule has 0 saturated carbocycles. The van der Waals surface area contributed by atoms with Crippen molar-refractivity contribution < 1.29 is 0 Å². The Bertz CT molecular complexity index is 3830. The van der Waals surface area contributed by atoms with E-state index in [0.717, 1.165) is 39.5 Å². The fourth-order valence-electron chi connectivity index (χ4n) is 11.5. The molecule has 1 aliphatic heterocycles. The Morgan fingerprint density at radius 3 is 1.81 bits per heavy atom. The Labute approximate surface area is 408 Å². The van der Waals surface area contributed by atoms with Gasteiger partial charge in [0.15, 0.2) is 0 Å². The van der Waals surface area contributed by atoms with Gasteiger partial charge in [0.1, 0.15) is 0 Å². The van der Waals surface area contributed by atoms with Crippen LogP contribution in [-0.4, -0.2) is 9.55 Å². The summed E-state index contributed by atoms with van der Waals surface area (Å²) in [6.45, 7) is 3.85. The quantitative estimate of drug-likeness (QED) is 0.135. The van der Waals surface area contributed by atoms with Gasteiger partial charge in [-0.3, -0.25) is 4.98 Å². The largest absolute Gasteiger partial charge is 0.310 e. The molecule has 13 rings (SSSR count). The monoisotopic (exact) mass is 893 g/mol. The maximum atomic E-state index is 5.54. The molecule has 0 N–H and O–H groups in total. The molecule has 0 radical (unpaired) electrons. The van der Waals surface area contributed by atoms with Crippen LogP contribution >= 0.6 is 0 Å². The summed E-state index contributed by atoms with van der Waals surface area (Å²) in [5, 5.41) is 2.47. The maximum Gasteiger partial charge on any atom is 0.0754 e. The van der Waals surface area contributed by atoms with Crippen molar-refractivity contribution in [3.8, 4) is 50.3 Å². The first kappa shape index (κ1) is 41.2. The highest BCUT2D eigenvalue weighted by Crippen LogP contribution is 2.65. The number of benzene rings is 9. The number of nitrogens with zero attached hydrogens (tertiary/aromatic N) is 3. The van der Waals surface area contributed by atoms with Gasteiger partial charge >= 0.3 is 0 Å². The van der Waals surface area contributed by atoms with Crippen molar-refractivity contribution in [1.29, 1.82) is 0 Å². The van der Waals surface area contributed by atoms with Crippen molar-refractivity contribution in [2.75, 3.05) is 4.90 Å². The number of pyridine rings is 1. The third-order valence-corrected chi connectivity index (χ3v) is 14.4. The highest BCUT2D eigenvalue weighted by molar-refractivity contribution is 6.11. The summed E-state index contributed by atoms with van der Waals surface area (Å²) < 4.78 is 2.39. The van der Waals surface area contributed by atoms with Crippen molar-refractivity contribution in [2.45, 2.75) is 11.8 Å². The first-order chi connectivity index (χ1) is 34.7. The lowest BCUT2D eigenvalue weighted by Crippen LogP contribution is -2.36. The maximum absolute atomic E-state index is 5.54. The normalized spacial score (nSPS) is 13.2. The van der Waals surface area contributed by atoms with E-state index in [1.54, 1.807) is 6.08 Å². The van der Waals surface area contributed by atoms with E-state index >= 15 is 0 Å². The average molecular weight is 894 g/mol. The van der Waals surface area contributed by atoms with E-state index in [2.05, 4.69) is 259 Å². The number of allylic oxidation sites excluding steroid dienone is 5. The number of fused-ring (bicyclic) bond motifs is 12. The summed E-state index contributed by atoms with van der Waals surface area (Å²) >= 11 is 0. The molecule has 2 aliphatic rings. The average Bonchev–Trinajstić information content (AvgIpc) is 3.92. The third-order valence-electron chi connectivity index (χ3n) is 14.4. The van der Waals surface area contributed by atoms with Crippen molar-refractivity contribution in [2.24, 2.45) is 0 Å². The van der Waals surface area contributed by atoms with Crippen LogP contribution in [0.1, 0.15) is 27.9 Å². The molecule has 0 amide bonds. The van der Waals surface area contributed by atoms with Crippen molar-refractivity contribution >= 4 is 38.9 Å². The van der Waals surface area contributed by atoms with E-state index in [4.69, 9.17) is 4.98 Å². The van der Waals surface area contributed by atoms with Crippen LogP contribution in [-0.2, 0) is 11.8 Å². The molecular weight excluding hydrogens is 847 g/mol. The van der Waals surface area contributed by atoms with E-state index in [0.29, 0.717) is 6.42 Å². The van der Waals surface area contributed by atoms with Gasteiger partial charge in [0, 0.05) is 39.8 Å². The molecule has 0 atom stereocenters. The summed E-state index contributed by atoms with van der Waals surface area (Å²) in [7, 11) is 0. The van der Waals surface area contributed by atoms with Gasteiger partial charge in [-0.25, -0.2) is 0 Å². The second-order valence-corrected chi connectivity index (χ2v) is 18.2. The third kappa shape index (κ3) is 6.47. The fraction of sp³-hybridized carbons (Fsp3) is 0.0299. The molecule has 0 saturated heterocycles. The summed E-state index contributed by atoms with van der Waals surface area (Å²) in [6, 6.07) is 84.8. The molecule has 3 nitrogen and oxygen atoms in total. The minimum absolute atomic E-state index is 0.634. The van der Waals surface area contributed by atoms with Gasteiger partial charge in [-0.05, 0) is 128 Å². The van der Waals surface area contributed by atoms with Crippen LogP contribution < -0.4 is 4.90 Å². The number of anilines is 3. The van der Waals surface area contributed by atoms with E-state index in [1.165, 1.54) is 77.7 Å². The highest BCUT2D eigenvalue weighted by Gasteiger charge is 2.52. The molecule has 0 fully saturated rings. The number of para-hydroxylation sites is 5. The minimum atomic E-state index is -0.634. The minimum Gasteiger partial charge on any atom is -0.310 e. The van der Waals surface area contributed by atoms with Gasteiger partial charge in [-0.2, -0.15) is 0 Å². The Hall–Kier alpha value is -9.05. The number of hydrogen-bond donors (Lipinski definition) is 0. The zero-order valence-corrected chi connectivity index (χ0v) is 38.6. The molecule has 0 unspecified atom stereocenters. The second-order valence-electron chi connectivity index (χ2n) is 18.2. The van der Waals surface area contributed by atoms with Crippen molar-refractivity contribution in [1.82, 2.24) is 9.55 Å². The van der Waals surface area contributed by atoms with E-state index in [-0.39, 0.29) is 0 Å². The van der Waals surface area contributed by atoms with Crippen LogP contribution in [0, 0.1) is 0 Å². The Morgan fingerprint density at radius 1 is 0.429 bits per heavy atom. The summed E-state index contributed by atoms with van der Waals surface area (Å²) in [5.74, 6) is 0. The Kier molecular flexibility index (Phi) is 9.95. The smallest absolute Gasteiger partial charge is 0.0754 e. The molecule has 1 aliphatic carbocycles. The number of hydrogen-bond acceptors (Lipinski definition) is 2. The predicted octanol–water partition coefficient (Wildman–Crippen LogP) is 17.2. The van der Waals surface area contributed by atoms with Gasteiger partial charge in [0.25, 0.3) is 0 Å². The summed E-state index contributed by atoms with van der Waals surface area (Å²) in [5.41, 5.74) is 21.6. The summed E-state index contributed by atoms with van der Waals surface area (Å²) in [6.07, 6.45) is 10.7. The molecule has 3 heteroatoms. The number of rotatable bonds is 9. The zero-order valence-electron chi connectivity index (χ0n) is 38.6. The molecule has 9 aromatic carbocycles. The molecule has 330 valence electrons. The topological polar surface area (TPSA) is 21.1 Å². The van der Waals surface area contributed by atoms with E-state index in [1.807, 2.05) is 12.2 Å². The van der Waals surface area contributed by atoms with Gasteiger partial charge in [-0.15, -0.1) is 0 Å². The summed E-state index contributed by atoms with van der Waals surface area (Å²) in [4.78, 5) is 7.98. The first-order valence-electron chi connectivity index (χ1n) is 24.1. The van der Waals surface area contributed by atoms with E-state index in [9.17, 15) is 0 Å². The van der Waals surface area contributed by atoms with Crippen LogP contribution in [0.25, 0.3) is 72.1 Å². The SMILES string of the molecule is C=C/C=C\C=C/Cc1cc(-c2ccccc2)cc(-c2cccc3c2-c2cc(-c4ccc5c(c4)c4ccccc4n5-c4ccccc4)ccc2C32c3ccccc3N(c3ccccc3)c3ccccc32)n1. The van der Waals surface area contributed by atoms with Gasteiger partial charge in [-0.1, -0.05) is 195 Å². The van der Waals surface area contributed by atoms with Crippen molar-refractivity contribution in [3.05, 3.63) is 295 Å². The van der Waals surface area contributed by atoms with Crippen LogP contribution in [0.5, 0.6) is 0 Å². The zero-order chi connectivity index (χ0) is 46.6. The van der Waals surface area contributed by atoms with Crippen LogP contribution in [0.4, 0.5) is 17.1 Å².